The maximum Gasteiger partial charge on any atom is 0.250 e. The summed E-state index contributed by atoms with van der Waals surface area (Å²) in [7, 11) is -3.58. The normalized spacial score (nSPS) is 18.9. The molecule has 2 aliphatic rings. The smallest absolute Gasteiger partial charge is 0.250 e. The van der Waals surface area contributed by atoms with E-state index in [2.05, 4.69) is 5.32 Å². The summed E-state index contributed by atoms with van der Waals surface area (Å²) in [5, 5.41) is 2.76. The SMILES string of the molecule is CCOc1ccc(S(=O)(=O)N2CCCCC2)cc1NC(=O)COC1CCCC1. The van der Waals surface area contributed by atoms with Crippen LogP contribution < -0.4 is 10.1 Å². The van der Waals surface area contributed by atoms with Crippen molar-refractivity contribution in [2.75, 3.05) is 31.6 Å². The van der Waals surface area contributed by atoms with Gasteiger partial charge in [-0.1, -0.05) is 19.3 Å². The highest BCUT2D eigenvalue weighted by Crippen LogP contribution is 2.30. The Morgan fingerprint density at radius 1 is 1.14 bits per heavy atom. The molecule has 1 aliphatic heterocycles. The second-order valence-electron chi connectivity index (χ2n) is 7.32. The first-order valence-corrected chi connectivity index (χ1v) is 11.6. The fraction of sp³-hybridized carbons (Fsp3) is 0.650. The summed E-state index contributed by atoms with van der Waals surface area (Å²) in [6, 6.07) is 4.63. The summed E-state index contributed by atoms with van der Waals surface area (Å²) < 4.78 is 38.6. The number of hydrogen-bond donors (Lipinski definition) is 1. The largest absolute Gasteiger partial charge is 0.492 e. The number of carbonyl (C=O) groups excluding carboxylic acids is 1. The van der Waals surface area contributed by atoms with Gasteiger partial charge in [0, 0.05) is 13.1 Å². The van der Waals surface area contributed by atoms with Gasteiger partial charge >= 0.3 is 0 Å². The van der Waals surface area contributed by atoms with Crippen LogP contribution in [0.15, 0.2) is 23.1 Å². The van der Waals surface area contributed by atoms with E-state index in [-0.39, 0.29) is 23.5 Å². The van der Waals surface area contributed by atoms with E-state index in [1.807, 2.05) is 6.92 Å². The zero-order chi connectivity index (χ0) is 20.0. The number of ether oxygens (including phenoxy) is 2. The number of piperidine rings is 1. The van der Waals surface area contributed by atoms with E-state index < -0.39 is 10.0 Å². The van der Waals surface area contributed by atoms with Crippen molar-refractivity contribution in [3.8, 4) is 5.75 Å². The molecule has 0 atom stereocenters. The van der Waals surface area contributed by atoms with Crippen LogP contribution in [0, 0.1) is 0 Å². The first-order chi connectivity index (χ1) is 13.5. The summed E-state index contributed by atoms with van der Waals surface area (Å²) in [6.07, 6.45) is 7.19. The van der Waals surface area contributed by atoms with Crippen molar-refractivity contribution < 1.29 is 22.7 Å². The van der Waals surface area contributed by atoms with Crippen LogP contribution in [0.25, 0.3) is 0 Å². The molecule has 1 saturated carbocycles. The van der Waals surface area contributed by atoms with Crippen LogP contribution in [-0.4, -0.2) is 51.0 Å². The summed E-state index contributed by atoms with van der Waals surface area (Å²) in [5.74, 6) is 0.148. The lowest BCUT2D eigenvalue weighted by atomic mass is 10.2. The highest BCUT2D eigenvalue weighted by Gasteiger charge is 2.27. The van der Waals surface area contributed by atoms with Gasteiger partial charge in [-0.15, -0.1) is 0 Å². The van der Waals surface area contributed by atoms with E-state index in [1.54, 1.807) is 12.1 Å². The third-order valence-corrected chi connectivity index (χ3v) is 7.12. The fourth-order valence-corrected chi connectivity index (χ4v) is 5.28. The van der Waals surface area contributed by atoms with Crippen LogP contribution in [0.1, 0.15) is 51.9 Å². The first-order valence-electron chi connectivity index (χ1n) is 10.2. The Morgan fingerprint density at radius 2 is 1.86 bits per heavy atom. The molecule has 0 unspecified atom stereocenters. The molecule has 8 heteroatoms. The van der Waals surface area contributed by atoms with E-state index in [4.69, 9.17) is 9.47 Å². The molecule has 1 aromatic rings. The molecule has 1 aromatic carbocycles. The van der Waals surface area contributed by atoms with Crippen LogP contribution in [0.5, 0.6) is 5.75 Å². The van der Waals surface area contributed by atoms with Gasteiger partial charge in [0.1, 0.15) is 12.4 Å². The number of nitrogens with zero attached hydrogens (tertiary/aromatic N) is 1. The zero-order valence-electron chi connectivity index (χ0n) is 16.5. The molecule has 1 N–H and O–H groups in total. The van der Waals surface area contributed by atoms with Crippen molar-refractivity contribution in [3.63, 3.8) is 0 Å². The molecule has 1 saturated heterocycles. The Morgan fingerprint density at radius 3 is 2.54 bits per heavy atom. The zero-order valence-corrected chi connectivity index (χ0v) is 17.3. The van der Waals surface area contributed by atoms with E-state index in [0.29, 0.717) is 31.1 Å². The third kappa shape index (κ3) is 5.24. The van der Waals surface area contributed by atoms with Gasteiger partial charge in [0.05, 0.1) is 23.3 Å². The van der Waals surface area contributed by atoms with Crippen LogP contribution in [0.3, 0.4) is 0 Å². The highest BCUT2D eigenvalue weighted by atomic mass is 32.2. The second kappa shape index (κ2) is 9.71. The van der Waals surface area contributed by atoms with Gasteiger partial charge in [0.25, 0.3) is 0 Å². The van der Waals surface area contributed by atoms with Crippen molar-refractivity contribution in [1.29, 1.82) is 0 Å². The maximum absolute atomic E-state index is 12.9. The average molecular weight is 411 g/mol. The quantitative estimate of drug-likeness (QED) is 0.712. The van der Waals surface area contributed by atoms with Gasteiger partial charge in [-0.25, -0.2) is 8.42 Å². The molecule has 1 heterocycles. The monoisotopic (exact) mass is 410 g/mol. The van der Waals surface area contributed by atoms with Gasteiger partial charge in [-0.2, -0.15) is 4.31 Å². The molecule has 0 spiro atoms. The lowest BCUT2D eigenvalue weighted by Crippen LogP contribution is -2.35. The molecule has 0 bridgehead atoms. The molecule has 7 nitrogen and oxygen atoms in total. The Labute approximate surface area is 167 Å². The molecule has 0 radical (unpaired) electrons. The Kier molecular flexibility index (Phi) is 7.31. The molecular weight excluding hydrogens is 380 g/mol. The maximum atomic E-state index is 12.9. The van der Waals surface area contributed by atoms with Crippen molar-refractivity contribution in [2.24, 2.45) is 0 Å². The minimum atomic E-state index is -3.58. The fourth-order valence-electron chi connectivity index (χ4n) is 3.74. The Bertz CT molecular complexity index is 769. The van der Waals surface area contributed by atoms with E-state index in [9.17, 15) is 13.2 Å². The van der Waals surface area contributed by atoms with Gasteiger partial charge in [0.15, 0.2) is 0 Å². The topological polar surface area (TPSA) is 84.9 Å². The van der Waals surface area contributed by atoms with Crippen molar-refractivity contribution in [3.05, 3.63) is 18.2 Å². The lowest BCUT2D eigenvalue weighted by molar-refractivity contribution is -0.122. The molecular formula is C20H30N2O5S. The van der Waals surface area contributed by atoms with Crippen molar-refractivity contribution in [2.45, 2.75) is 62.9 Å². The van der Waals surface area contributed by atoms with Gasteiger partial charge < -0.3 is 14.8 Å². The van der Waals surface area contributed by atoms with E-state index in [0.717, 1.165) is 44.9 Å². The number of carbonyl (C=O) groups is 1. The minimum Gasteiger partial charge on any atom is -0.492 e. The molecule has 1 aliphatic carbocycles. The van der Waals surface area contributed by atoms with Gasteiger partial charge in [-0.3, -0.25) is 4.79 Å². The highest BCUT2D eigenvalue weighted by molar-refractivity contribution is 7.89. The number of anilines is 1. The standard InChI is InChI=1S/C20H30N2O5S/c1-2-26-19-11-10-17(28(24,25)22-12-6-3-7-13-22)14-18(19)21-20(23)15-27-16-8-4-5-9-16/h10-11,14,16H,2-9,12-13,15H2,1H3,(H,21,23). The number of sulfonamides is 1. The molecule has 0 aromatic heterocycles. The number of benzene rings is 1. The Balaban J connectivity index is 1.74. The Hall–Kier alpha value is -1.64. The molecule has 2 fully saturated rings. The van der Waals surface area contributed by atoms with Crippen LogP contribution in [-0.2, 0) is 19.6 Å². The van der Waals surface area contributed by atoms with Crippen molar-refractivity contribution in [1.82, 2.24) is 4.31 Å². The molecule has 28 heavy (non-hydrogen) atoms. The lowest BCUT2D eigenvalue weighted by Gasteiger charge is -2.26. The predicted molar refractivity (Wildman–Crippen MR) is 107 cm³/mol. The number of hydrogen-bond acceptors (Lipinski definition) is 5. The number of rotatable bonds is 8. The number of amides is 1. The average Bonchev–Trinajstić information content (AvgIpc) is 3.22. The van der Waals surface area contributed by atoms with E-state index in [1.165, 1.54) is 10.4 Å². The molecule has 3 rings (SSSR count). The van der Waals surface area contributed by atoms with Crippen molar-refractivity contribution >= 4 is 21.6 Å². The molecule has 1 amide bonds. The van der Waals surface area contributed by atoms with E-state index >= 15 is 0 Å². The number of nitrogens with one attached hydrogen (secondary N) is 1. The summed E-state index contributed by atoms with van der Waals surface area (Å²) >= 11 is 0. The van der Waals surface area contributed by atoms with Crippen LogP contribution >= 0.6 is 0 Å². The molecule has 156 valence electrons. The summed E-state index contributed by atoms with van der Waals surface area (Å²) in [6.45, 7) is 3.28. The predicted octanol–water partition coefficient (Wildman–Crippen LogP) is 3.16. The van der Waals surface area contributed by atoms with Gasteiger partial charge in [0.2, 0.25) is 15.9 Å². The van der Waals surface area contributed by atoms with Gasteiger partial charge in [-0.05, 0) is 50.8 Å². The minimum absolute atomic E-state index is 0.0423. The van der Waals surface area contributed by atoms with Crippen LogP contribution in [0.4, 0.5) is 5.69 Å². The second-order valence-corrected chi connectivity index (χ2v) is 9.26. The first kappa shape index (κ1) is 21.1. The summed E-state index contributed by atoms with van der Waals surface area (Å²) in [5.41, 5.74) is 0.361. The van der Waals surface area contributed by atoms with Crippen LogP contribution in [0.2, 0.25) is 0 Å². The third-order valence-electron chi connectivity index (χ3n) is 5.23. The summed E-state index contributed by atoms with van der Waals surface area (Å²) in [4.78, 5) is 12.5.